The van der Waals surface area contributed by atoms with Crippen LogP contribution < -0.4 is 4.72 Å². The molecule has 0 saturated heterocycles. The molecule has 4 rings (SSSR count). The number of carboxylic acids is 1. The van der Waals surface area contributed by atoms with E-state index in [9.17, 15) is 17.6 Å². The van der Waals surface area contributed by atoms with E-state index in [0.29, 0.717) is 25.8 Å². The van der Waals surface area contributed by atoms with E-state index in [4.69, 9.17) is 5.11 Å². The van der Waals surface area contributed by atoms with Crippen LogP contribution in [-0.4, -0.2) is 35.1 Å². The van der Waals surface area contributed by atoms with E-state index >= 15 is 0 Å². The van der Waals surface area contributed by atoms with Gasteiger partial charge < -0.3 is 9.67 Å². The van der Waals surface area contributed by atoms with Gasteiger partial charge in [-0.05, 0) is 55.2 Å². The molecule has 2 aromatic heterocycles. The lowest BCUT2D eigenvalue weighted by atomic mass is 10.00. The van der Waals surface area contributed by atoms with Crippen LogP contribution in [0.1, 0.15) is 24.1 Å². The minimum absolute atomic E-state index is 0.0217. The summed E-state index contributed by atoms with van der Waals surface area (Å²) >= 11 is 0. The number of pyridine rings is 1. The van der Waals surface area contributed by atoms with Gasteiger partial charge in [0.25, 0.3) is 0 Å². The smallest absolute Gasteiger partial charge is 0.303 e. The number of hydrogen-bond acceptors (Lipinski definition) is 4. The fourth-order valence-electron chi connectivity index (χ4n) is 3.94. The van der Waals surface area contributed by atoms with Gasteiger partial charge in [0.1, 0.15) is 5.82 Å². The number of halogens is 1. The molecule has 3 heterocycles. The van der Waals surface area contributed by atoms with Crippen molar-refractivity contribution in [2.24, 2.45) is 0 Å². The number of hydrogen-bond donors (Lipinski definition) is 2. The molecule has 0 bridgehead atoms. The molecule has 2 N–H and O–H groups in total. The number of aromatic nitrogens is 2. The molecule has 152 valence electrons. The number of nitrogens with zero attached hydrogens (tertiary/aromatic N) is 2. The summed E-state index contributed by atoms with van der Waals surface area (Å²) in [6, 6.07) is 6.26. The predicted molar refractivity (Wildman–Crippen MR) is 105 cm³/mol. The van der Waals surface area contributed by atoms with Gasteiger partial charge >= 0.3 is 5.97 Å². The highest BCUT2D eigenvalue weighted by Gasteiger charge is 2.28. The minimum Gasteiger partial charge on any atom is -0.481 e. The van der Waals surface area contributed by atoms with Crippen molar-refractivity contribution in [1.29, 1.82) is 0 Å². The molecule has 1 atom stereocenters. The summed E-state index contributed by atoms with van der Waals surface area (Å²) in [5.74, 6) is -1.35. The second kappa shape index (κ2) is 7.57. The van der Waals surface area contributed by atoms with Gasteiger partial charge in [0.2, 0.25) is 10.0 Å². The molecular formula is C20H20FN3O4S. The van der Waals surface area contributed by atoms with Crippen LogP contribution >= 0.6 is 0 Å². The number of aryl methyl sites for hydroxylation is 1. The van der Waals surface area contributed by atoms with Crippen LogP contribution in [0.3, 0.4) is 0 Å². The van der Waals surface area contributed by atoms with Crippen LogP contribution in [0, 0.1) is 5.82 Å². The standard InChI is InChI=1S/C20H20FN3O4S/c21-13-1-4-15(5-2-13)29(27,28)23-14-3-7-18-16(6-8-20(25)26)17-11-22-10-9-19(17)24(18)12-14/h1-2,4-5,9-11,14,23H,3,6-8,12H2,(H,25,26). The zero-order chi connectivity index (χ0) is 20.6. The van der Waals surface area contributed by atoms with Crippen LogP contribution in [0.2, 0.25) is 0 Å². The molecule has 0 saturated carbocycles. The Morgan fingerprint density at radius 1 is 1.28 bits per heavy atom. The molecule has 0 aliphatic carbocycles. The molecule has 1 unspecified atom stereocenters. The van der Waals surface area contributed by atoms with E-state index in [1.165, 1.54) is 12.1 Å². The predicted octanol–water partition coefficient (Wildman–Crippen LogP) is 2.49. The average molecular weight is 417 g/mol. The molecule has 1 aromatic carbocycles. The van der Waals surface area contributed by atoms with Crippen molar-refractivity contribution in [3.05, 3.63) is 59.8 Å². The highest BCUT2D eigenvalue weighted by atomic mass is 32.2. The third-order valence-corrected chi connectivity index (χ3v) is 6.79. The van der Waals surface area contributed by atoms with Crippen LogP contribution in [-0.2, 0) is 34.2 Å². The second-order valence-corrected chi connectivity index (χ2v) is 8.85. The summed E-state index contributed by atoms with van der Waals surface area (Å²) in [7, 11) is -3.77. The van der Waals surface area contributed by atoms with E-state index in [2.05, 4.69) is 14.3 Å². The summed E-state index contributed by atoms with van der Waals surface area (Å²) in [6.45, 7) is 0.434. The third-order valence-electron chi connectivity index (χ3n) is 5.26. The topological polar surface area (TPSA) is 101 Å². The van der Waals surface area contributed by atoms with Crippen molar-refractivity contribution >= 4 is 26.9 Å². The van der Waals surface area contributed by atoms with Gasteiger partial charge in [0.05, 0.1) is 10.4 Å². The Morgan fingerprint density at radius 3 is 2.76 bits per heavy atom. The molecule has 0 amide bonds. The monoisotopic (exact) mass is 417 g/mol. The maximum absolute atomic E-state index is 13.1. The number of nitrogens with one attached hydrogen (secondary N) is 1. The lowest BCUT2D eigenvalue weighted by molar-refractivity contribution is -0.136. The van der Waals surface area contributed by atoms with E-state index in [-0.39, 0.29) is 17.4 Å². The van der Waals surface area contributed by atoms with Gasteiger partial charge in [-0.1, -0.05) is 0 Å². The van der Waals surface area contributed by atoms with Crippen molar-refractivity contribution in [3.8, 4) is 0 Å². The van der Waals surface area contributed by atoms with Gasteiger partial charge in [-0.15, -0.1) is 0 Å². The summed E-state index contributed by atoms with van der Waals surface area (Å²) < 4.78 is 43.2. The minimum atomic E-state index is -3.77. The molecule has 1 aliphatic rings. The number of sulfonamides is 1. The number of aliphatic carboxylic acids is 1. The van der Waals surface area contributed by atoms with Gasteiger partial charge in [0, 0.05) is 42.5 Å². The molecule has 29 heavy (non-hydrogen) atoms. The first-order valence-corrected chi connectivity index (χ1v) is 10.8. The normalized spacial score (nSPS) is 16.7. The molecular weight excluding hydrogens is 397 g/mol. The van der Waals surface area contributed by atoms with E-state index in [0.717, 1.165) is 34.3 Å². The molecule has 0 radical (unpaired) electrons. The summed E-state index contributed by atoms with van der Waals surface area (Å²) in [6.07, 6.45) is 5.05. The first-order valence-electron chi connectivity index (χ1n) is 9.29. The van der Waals surface area contributed by atoms with Crippen molar-refractivity contribution in [3.63, 3.8) is 0 Å². The van der Waals surface area contributed by atoms with Gasteiger partial charge in [-0.25, -0.2) is 17.5 Å². The maximum Gasteiger partial charge on any atom is 0.303 e. The number of benzene rings is 1. The van der Waals surface area contributed by atoms with Crippen LogP contribution in [0.5, 0.6) is 0 Å². The van der Waals surface area contributed by atoms with Crippen LogP contribution in [0.4, 0.5) is 4.39 Å². The van der Waals surface area contributed by atoms with Crippen molar-refractivity contribution < 1.29 is 22.7 Å². The fraction of sp³-hybridized carbons (Fsp3) is 0.300. The Labute approximate surface area is 167 Å². The van der Waals surface area contributed by atoms with E-state index in [1.807, 2.05) is 6.07 Å². The summed E-state index contributed by atoms with van der Waals surface area (Å²) in [4.78, 5) is 15.2. The number of rotatable bonds is 6. The van der Waals surface area contributed by atoms with Gasteiger partial charge in [0.15, 0.2) is 0 Å². The van der Waals surface area contributed by atoms with E-state index in [1.54, 1.807) is 12.4 Å². The van der Waals surface area contributed by atoms with Crippen LogP contribution in [0.15, 0.2) is 47.6 Å². The Bertz CT molecular complexity index is 1170. The third kappa shape index (κ3) is 3.88. The van der Waals surface area contributed by atoms with Crippen molar-refractivity contribution in [2.45, 2.75) is 43.2 Å². The quantitative estimate of drug-likeness (QED) is 0.642. The molecule has 3 aromatic rings. The SMILES string of the molecule is O=C(O)CCc1c2n(c3ccncc13)CC(NS(=O)(=O)c1ccc(F)cc1)CC2. The largest absolute Gasteiger partial charge is 0.481 e. The van der Waals surface area contributed by atoms with Gasteiger partial charge in [-0.3, -0.25) is 9.78 Å². The highest BCUT2D eigenvalue weighted by molar-refractivity contribution is 7.89. The zero-order valence-electron chi connectivity index (χ0n) is 15.5. The molecule has 0 fully saturated rings. The Morgan fingerprint density at radius 2 is 2.03 bits per heavy atom. The zero-order valence-corrected chi connectivity index (χ0v) is 16.3. The number of fused-ring (bicyclic) bond motifs is 3. The number of carbonyl (C=O) groups is 1. The summed E-state index contributed by atoms with van der Waals surface area (Å²) in [5, 5.41) is 9.97. The molecule has 0 spiro atoms. The maximum atomic E-state index is 13.1. The molecule has 9 heteroatoms. The lowest BCUT2D eigenvalue weighted by Crippen LogP contribution is -2.40. The van der Waals surface area contributed by atoms with E-state index < -0.39 is 21.8 Å². The van der Waals surface area contributed by atoms with Gasteiger partial charge in [-0.2, -0.15) is 0 Å². The van der Waals surface area contributed by atoms with Crippen molar-refractivity contribution in [1.82, 2.24) is 14.3 Å². The summed E-state index contributed by atoms with van der Waals surface area (Å²) in [5.41, 5.74) is 2.92. The first-order chi connectivity index (χ1) is 13.8. The fourth-order valence-corrected chi connectivity index (χ4v) is 5.21. The lowest BCUT2D eigenvalue weighted by Gasteiger charge is -2.27. The number of carboxylic acid groups (broad SMARTS) is 1. The Hall–Kier alpha value is -2.78. The van der Waals surface area contributed by atoms with Crippen LogP contribution in [0.25, 0.3) is 10.9 Å². The van der Waals surface area contributed by atoms with Crippen molar-refractivity contribution in [2.75, 3.05) is 0 Å². The molecule has 1 aliphatic heterocycles. The Kier molecular flexibility index (Phi) is 5.10. The Balaban J connectivity index is 1.62. The molecule has 7 nitrogen and oxygen atoms in total. The average Bonchev–Trinajstić information content (AvgIpc) is 2.99. The first kappa shape index (κ1) is 19.5. The second-order valence-electron chi connectivity index (χ2n) is 7.13. The highest BCUT2D eigenvalue weighted by Crippen LogP contribution is 2.31.